The lowest BCUT2D eigenvalue weighted by atomic mass is 9.88. The molecule has 0 aliphatic rings. The van der Waals surface area contributed by atoms with E-state index in [2.05, 4.69) is 45.9 Å². The number of benzene rings is 2. The van der Waals surface area contributed by atoms with E-state index >= 15 is 0 Å². The lowest BCUT2D eigenvalue weighted by molar-refractivity contribution is 0.0696. The minimum atomic E-state index is -4.23. The molecule has 0 saturated carbocycles. The van der Waals surface area contributed by atoms with Gasteiger partial charge in [-0.3, -0.25) is 0 Å². The number of carboxylic acid groups (broad SMARTS) is 1. The van der Waals surface area contributed by atoms with Gasteiger partial charge in [0.25, 0.3) is 10.0 Å². The highest BCUT2D eigenvalue weighted by Crippen LogP contribution is 2.30. The molecule has 0 bridgehead atoms. The molecule has 0 radical (unpaired) electrons. The number of pyridine rings is 1. The average Bonchev–Trinajstić information content (AvgIpc) is 3.41. The summed E-state index contributed by atoms with van der Waals surface area (Å²) in [6, 6.07) is 18.5. The summed E-state index contributed by atoms with van der Waals surface area (Å²) in [5.41, 5.74) is 5.14. The van der Waals surface area contributed by atoms with Gasteiger partial charge in [0, 0.05) is 36.0 Å². The number of halogens is 1. The fourth-order valence-electron chi connectivity index (χ4n) is 5.36. The second kappa shape index (κ2) is 14.5. The zero-order valence-corrected chi connectivity index (χ0v) is 28.5. The van der Waals surface area contributed by atoms with E-state index in [0.29, 0.717) is 12.2 Å². The Morgan fingerprint density at radius 1 is 1.00 bits per heavy atom. The molecule has 3 aromatic heterocycles. The molecule has 0 aliphatic heterocycles. The summed E-state index contributed by atoms with van der Waals surface area (Å²) in [5.74, 6) is -1.23. The Balaban J connectivity index is 0.00000500. The quantitative estimate of drug-likeness (QED) is 0.138. The van der Waals surface area contributed by atoms with Crippen molar-refractivity contribution in [2.45, 2.75) is 58.5 Å². The van der Waals surface area contributed by atoms with Crippen LogP contribution in [0.5, 0.6) is 5.88 Å². The van der Waals surface area contributed by atoms with Crippen LogP contribution in [0, 0.1) is 19.3 Å². The topological polar surface area (TPSA) is 148 Å². The summed E-state index contributed by atoms with van der Waals surface area (Å²) in [5, 5.41) is 17.4. The Kier molecular flexibility index (Phi) is 10.9. The maximum Gasteiger partial charge on any atom is 0.335 e. The maximum absolute atomic E-state index is 13.3. The number of carboxylic acids is 1. The lowest BCUT2D eigenvalue weighted by Crippen LogP contribution is -2.37. The van der Waals surface area contributed by atoms with Crippen LogP contribution in [-0.2, 0) is 16.6 Å². The normalized spacial score (nSPS) is 12.4. The number of hydrogen-bond acceptors (Lipinski definition) is 8. The van der Waals surface area contributed by atoms with Gasteiger partial charge in [-0.15, -0.1) is 12.4 Å². The van der Waals surface area contributed by atoms with Gasteiger partial charge in [-0.1, -0.05) is 51.1 Å². The molecule has 0 unspecified atom stereocenters. The van der Waals surface area contributed by atoms with Gasteiger partial charge < -0.3 is 15.2 Å². The van der Waals surface area contributed by atoms with Crippen molar-refractivity contribution < 1.29 is 23.1 Å². The number of fused-ring (bicyclic) bond motifs is 1. The fourth-order valence-corrected chi connectivity index (χ4v) is 6.35. The second-order valence-electron chi connectivity index (χ2n) is 12.5. The third kappa shape index (κ3) is 8.85. The molecular weight excluding hydrogens is 640 g/mol. The average molecular weight is 679 g/mol. The molecule has 248 valence electrons. The first kappa shape index (κ1) is 35.3. The Labute approximate surface area is 280 Å². The maximum atomic E-state index is 13.3. The number of carbonyl (C=O) groups is 1. The van der Waals surface area contributed by atoms with Crippen molar-refractivity contribution in [3.63, 3.8) is 0 Å². The van der Waals surface area contributed by atoms with Gasteiger partial charge in [0.05, 0.1) is 27.9 Å². The molecule has 3 N–H and O–H groups in total. The van der Waals surface area contributed by atoms with Crippen LogP contribution in [0.25, 0.3) is 16.8 Å². The van der Waals surface area contributed by atoms with Gasteiger partial charge in [0.2, 0.25) is 11.8 Å². The third-order valence-corrected chi connectivity index (χ3v) is 8.76. The third-order valence-electron chi connectivity index (χ3n) is 7.44. The standard InChI is InChI=1S/C34H38N6O5S.ClH/c1-22-10-8-11-23(2)31(22)28-17-30(38-33(37-28)39-46(43,44)27-13-9-12-24(16-27)32(41)42)45-21-26(18-34(3,4)5)35-19-25-20-36-40-15-7-6-14-29(25)40;/h6-17,20,26,35H,18-19,21H2,1-5H3,(H,41,42)(H,37,38,39);1H/t26-;/m1./s1. The Bertz CT molecular complexity index is 1970. The van der Waals surface area contributed by atoms with E-state index in [9.17, 15) is 18.3 Å². The van der Waals surface area contributed by atoms with Crippen LogP contribution in [-0.4, -0.2) is 51.7 Å². The Morgan fingerprint density at radius 3 is 2.43 bits per heavy atom. The highest BCUT2D eigenvalue weighted by Gasteiger charge is 2.23. The van der Waals surface area contributed by atoms with Crippen molar-refractivity contribution in [3.05, 3.63) is 101 Å². The minimum Gasteiger partial charge on any atom is -0.478 e. The van der Waals surface area contributed by atoms with Crippen molar-refractivity contribution in [3.8, 4) is 17.1 Å². The number of aryl methyl sites for hydroxylation is 2. The number of hydrogen-bond donors (Lipinski definition) is 3. The molecule has 5 rings (SSSR count). The summed E-state index contributed by atoms with van der Waals surface area (Å²) in [4.78, 5) is 20.2. The Morgan fingerprint density at radius 2 is 1.72 bits per heavy atom. The van der Waals surface area contributed by atoms with Crippen LogP contribution in [0.4, 0.5) is 5.95 Å². The Hall–Kier alpha value is -4.52. The van der Waals surface area contributed by atoms with Gasteiger partial charge >= 0.3 is 5.97 Å². The molecule has 0 saturated heterocycles. The molecule has 47 heavy (non-hydrogen) atoms. The molecule has 0 amide bonds. The number of aromatic nitrogens is 4. The molecular formula is C34H39ClN6O5S. The molecule has 3 heterocycles. The van der Waals surface area contributed by atoms with E-state index in [-0.39, 0.29) is 52.8 Å². The summed E-state index contributed by atoms with van der Waals surface area (Å²) in [7, 11) is -4.23. The smallest absolute Gasteiger partial charge is 0.335 e. The second-order valence-corrected chi connectivity index (χ2v) is 14.2. The molecule has 0 spiro atoms. The lowest BCUT2D eigenvalue weighted by Gasteiger charge is -2.27. The van der Waals surface area contributed by atoms with Gasteiger partial charge in [-0.05, 0) is 67.1 Å². The predicted octanol–water partition coefficient (Wildman–Crippen LogP) is 6.30. The van der Waals surface area contributed by atoms with Crippen LogP contribution in [0.3, 0.4) is 0 Å². The number of rotatable bonds is 12. The van der Waals surface area contributed by atoms with Crippen LogP contribution in [0.2, 0.25) is 0 Å². The number of nitrogens with zero attached hydrogens (tertiary/aromatic N) is 4. The van der Waals surface area contributed by atoms with E-state index < -0.39 is 16.0 Å². The van der Waals surface area contributed by atoms with Crippen LogP contribution < -0.4 is 14.8 Å². The highest BCUT2D eigenvalue weighted by atomic mass is 35.5. The van der Waals surface area contributed by atoms with E-state index in [0.717, 1.165) is 40.3 Å². The molecule has 0 fully saturated rings. The van der Waals surface area contributed by atoms with E-state index in [1.54, 1.807) is 6.07 Å². The number of sulfonamides is 1. The van der Waals surface area contributed by atoms with Crippen molar-refractivity contribution in [1.29, 1.82) is 0 Å². The van der Waals surface area contributed by atoms with Crippen molar-refractivity contribution in [2.75, 3.05) is 11.3 Å². The largest absolute Gasteiger partial charge is 0.478 e. The first-order chi connectivity index (χ1) is 21.8. The number of anilines is 1. The van der Waals surface area contributed by atoms with Crippen molar-refractivity contribution in [1.82, 2.24) is 24.9 Å². The zero-order valence-electron chi connectivity index (χ0n) is 26.9. The van der Waals surface area contributed by atoms with E-state index in [4.69, 9.17) is 4.74 Å². The first-order valence-corrected chi connectivity index (χ1v) is 16.4. The van der Waals surface area contributed by atoms with E-state index in [1.165, 1.54) is 18.2 Å². The SMILES string of the molecule is Cc1cccc(C)c1-c1cc(OC[C@@H](CC(C)(C)C)NCc2cnn3ccccc23)nc(NS(=O)(=O)c2cccc(C(=O)O)c2)n1.Cl. The summed E-state index contributed by atoms with van der Waals surface area (Å²) in [6.45, 7) is 11.2. The minimum absolute atomic E-state index is 0. The number of ether oxygens (including phenoxy) is 1. The van der Waals surface area contributed by atoms with Crippen LogP contribution >= 0.6 is 12.4 Å². The van der Waals surface area contributed by atoms with E-state index in [1.807, 2.05) is 67.2 Å². The molecule has 0 aliphatic carbocycles. The molecule has 5 aromatic rings. The monoisotopic (exact) mass is 678 g/mol. The van der Waals surface area contributed by atoms with Crippen molar-refractivity contribution >= 4 is 39.9 Å². The van der Waals surface area contributed by atoms with Crippen LogP contribution in [0.15, 0.2) is 84.0 Å². The molecule has 13 heteroatoms. The molecule has 11 nitrogen and oxygen atoms in total. The van der Waals surface area contributed by atoms with Gasteiger partial charge in [-0.25, -0.2) is 27.4 Å². The summed E-state index contributed by atoms with van der Waals surface area (Å²) in [6.07, 6.45) is 4.55. The van der Waals surface area contributed by atoms with Crippen molar-refractivity contribution in [2.24, 2.45) is 5.41 Å². The number of aromatic carboxylic acids is 1. The number of nitrogens with one attached hydrogen (secondary N) is 2. The van der Waals surface area contributed by atoms with Crippen LogP contribution in [0.1, 0.15) is 54.2 Å². The predicted molar refractivity (Wildman–Crippen MR) is 184 cm³/mol. The summed E-state index contributed by atoms with van der Waals surface area (Å²) < 4.78 is 37.2. The van der Waals surface area contributed by atoms with Gasteiger partial charge in [-0.2, -0.15) is 10.1 Å². The summed E-state index contributed by atoms with van der Waals surface area (Å²) >= 11 is 0. The highest BCUT2D eigenvalue weighted by molar-refractivity contribution is 7.92. The first-order valence-electron chi connectivity index (χ1n) is 14.9. The molecule has 1 atom stereocenters. The van der Waals surface area contributed by atoms with Gasteiger partial charge in [0.1, 0.15) is 6.61 Å². The zero-order chi connectivity index (χ0) is 33.1. The molecule has 2 aromatic carbocycles. The fraction of sp³-hybridized carbons (Fsp3) is 0.294. The van der Waals surface area contributed by atoms with Gasteiger partial charge in [0.15, 0.2) is 0 Å².